The quantitative estimate of drug-likeness (QED) is 0.0111. The van der Waals surface area contributed by atoms with Crippen molar-refractivity contribution in [1.29, 1.82) is 5.41 Å². The van der Waals surface area contributed by atoms with Gasteiger partial charge in [0, 0.05) is 58.1 Å². The van der Waals surface area contributed by atoms with Crippen LogP contribution in [0.1, 0.15) is 122 Å². The molecule has 2 aromatic carbocycles. The number of phenols is 1. The second-order valence-corrected chi connectivity index (χ2v) is 27.9. The van der Waals surface area contributed by atoms with Gasteiger partial charge in [-0.1, -0.05) is 63.2 Å². The highest BCUT2D eigenvalue weighted by molar-refractivity contribution is 6.01. The number of amides is 16. The Balaban J connectivity index is 1.27. The number of primary amides is 2. The van der Waals surface area contributed by atoms with Crippen LogP contribution < -0.4 is 97.4 Å². The Morgan fingerprint density at radius 2 is 1.04 bits per heavy atom. The highest BCUT2D eigenvalue weighted by Crippen LogP contribution is 2.22. The molecular formula is C73H108N24O18. The summed E-state index contributed by atoms with van der Waals surface area (Å²) in [5.74, 6) is -15.7. The molecule has 1 saturated heterocycles. The van der Waals surface area contributed by atoms with Gasteiger partial charge in [-0.3, -0.25) is 82.1 Å². The fraction of sp³-hybridized carbons (Fsp3) is 0.521. The lowest BCUT2D eigenvalue weighted by Crippen LogP contribution is -2.62. The van der Waals surface area contributed by atoms with Gasteiger partial charge in [0.2, 0.25) is 94.5 Å². The number of rotatable bonds is 48. The number of imidazole rings is 2. The van der Waals surface area contributed by atoms with E-state index in [4.69, 9.17) is 28.3 Å². The number of guanidine groups is 1. The molecule has 3 heterocycles. The number of nitrogens with zero attached hydrogens (tertiary/aromatic N) is 3. The predicted octanol–water partition coefficient (Wildman–Crippen LogP) is -7.10. The second-order valence-electron chi connectivity index (χ2n) is 27.9. The van der Waals surface area contributed by atoms with Crippen molar-refractivity contribution in [2.75, 3.05) is 32.8 Å². The molecule has 628 valence electrons. The third-order valence-corrected chi connectivity index (χ3v) is 18.3. The number of aliphatic hydroxyl groups is 1. The van der Waals surface area contributed by atoms with Crippen LogP contribution in [0.15, 0.2) is 79.6 Å². The summed E-state index contributed by atoms with van der Waals surface area (Å²) in [6.45, 7) is 7.02. The van der Waals surface area contributed by atoms with E-state index >= 15 is 0 Å². The minimum atomic E-state index is -1.88. The van der Waals surface area contributed by atoms with Crippen LogP contribution in [0.5, 0.6) is 5.75 Å². The number of hydrogen-bond donors (Lipinski definition) is 23. The first kappa shape index (κ1) is 93.0. The number of carbonyl (C=O) groups is 16. The summed E-state index contributed by atoms with van der Waals surface area (Å²) in [6, 6.07) is -4.46. The highest BCUT2D eigenvalue weighted by atomic mass is 16.3. The van der Waals surface area contributed by atoms with E-state index < -0.39 is 199 Å². The number of nitrogens with two attached hydrogens (primary N) is 4. The lowest BCUT2D eigenvalue weighted by atomic mass is 9.99. The topological polar surface area (TPSA) is 671 Å². The number of hydrogen-bond acceptors (Lipinski definition) is 22. The first-order valence-electron chi connectivity index (χ1n) is 37.5. The third kappa shape index (κ3) is 31.5. The van der Waals surface area contributed by atoms with Gasteiger partial charge in [-0.05, 0) is 101 Å². The first-order chi connectivity index (χ1) is 54.6. The summed E-state index contributed by atoms with van der Waals surface area (Å²) < 4.78 is 0. The average Bonchev–Trinajstić information content (AvgIpc) is 1.71. The number of likely N-dealkylation sites (tertiary alicyclic amines) is 1. The molecule has 1 unspecified atom stereocenters. The van der Waals surface area contributed by atoms with E-state index in [1.165, 1.54) is 81.9 Å². The van der Waals surface area contributed by atoms with E-state index in [1.807, 2.05) is 0 Å². The molecule has 1 aliphatic rings. The smallest absolute Gasteiger partial charge is 0.246 e. The van der Waals surface area contributed by atoms with Crippen LogP contribution in [-0.4, -0.2) is 247 Å². The van der Waals surface area contributed by atoms with Crippen molar-refractivity contribution in [3.05, 3.63) is 102 Å². The molecule has 27 N–H and O–H groups in total. The number of nitrogens with one attached hydrogen (secondary N) is 17. The Morgan fingerprint density at radius 3 is 1.61 bits per heavy atom. The van der Waals surface area contributed by atoms with Gasteiger partial charge in [0.1, 0.15) is 84.3 Å². The Labute approximate surface area is 662 Å². The Bertz CT molecular complexity index is 3980. The maximum Gasteiger partial charge on any atom is 0.246 e. The second kappa shape index (κ2) is 47.0. The van der Waals surface area contributed by atoms with Gasteiger partial charge in [-0.25, -0.2) is 9.97 Å². The summed E-state index contributed by atoms with van der Waals surface area (Å²) in [5, 5.41) is 63.1. The number of aromatic amines is 2. The third-order valence-electron chi connectivity index (χ3n) is 18.3. The number of aliphatic hydroxyl groups excluding tert-OH is 1. The molecule has 0 aliphatic carbocycles. The molecule has 2 aromatic heterocycles. The molecule has 42 nitrogen and oxygen atoms in total. The molecule has 1 fully saturated rings. The van der Waals surface area contributed by atoms with Crippen LogP contribution in [0.2, 0.25) is 0 Å². The van der Waals surface area contributed by atoms with Crippen LogP contribution in [0.3, 0.4) is 0 Å². The number of aromatic hydroxyl groups is 1. The van der Waals surface area contributed by atoms with Crippen molar-refractivity contribution in [2.24, 2.45) is 28.9 Å². The molecule has 5 rings (SSSR count). The fourth-order valence-corrected chi connectivity index (χ4v) is 12.1. The van der Waals surface area contributed by atoms with E-state index in [2.05, 4.69) is 94.4 Å². The molecule has 0 spiro atoms. The van der Waals surface area contributed by atoms with Crippen molar-refractivity contribution in [2.45, 2.75) is 204 Å². The van der Waals surface area contributed by atoms with Crippen molar-refractivity contribution < 1.29 is 86.9 Å². The summed E-state index contributed by atoms with van der Waals surface area (Å²) in [5.41, 5.74) is 23.8. The van der Waals surface area contributed by atoms with Crippen LogP contribution in [0, 0.1) is 11.3 Å². The summed E-state index contributed by atoms with van der Waals surface area (Å²) >= 11 is 0. The standard InChI is InChI=1S/C73H108N24O18/c1-7-47(89-69(112)55(35-98)88-58(102)34-82-63(106)52(30-45-33-80-37-84-45)93-66(109)49(18-13-25-81-73(77)78)90-61(104)39(4)85-65(108)48(87-41(6)99)17-11-12-24-74)64(107)94-53(31-57(75)101)67(110)92-51(27-43-20-22-46(100)23-21-43)68(111)96-59(38(2)3)71(114)95-54(28-42-15-9-8-10-16-42)72(115)97-26-14-19-56(97)70(113)86-40(5)62(105)91-50(60(76)103)29-44-32-79-36-83-44/h8-10,15-16,20-23,32-33,36-40,47-56,59,98,100H,7,11-14,17-19,24-31,34-35,74H2,1-6H3,(H2,75,101)(H2,76,103)(H,79,83)(H,80,84)(H,82,106)(H,85,108)(H,86,113)(H,87,99)(H,88,102)(H,89,112)(H,90,104)(H,91,105)(H,92,110)(H,93,109)(H,94,107)(H,95,114)(H,96,111)(H4,77,78,81)/t39-,40-,47?,48-,49-,50-,51-,52-,53-,54-,55-,56-,59-/m0/s1. The Kier molecular flexibility index (Phi) is 38.0. The minimum Gasteiger partial charge on any atom is -0.508 e. The average molecular weight is 1610 g/mol. The van der Waals surface area contributed by atoms with E-state index in [1.54, 1.807) is 44.2 Å². The highest BCUT2D eigenvalue weighted by Gasteiger charge is 2.41. The van der Waals surface area contributed by atoms with Crippen molar-refractivity contribution in [3.8, 4) is 5.75 Å². The molecule has 4 aromatic rings. The number of unbranched alkanes of at least 4 members (excludes halogenated alkanes) is 1. The molecule has 13 atom stereocenters. The summed E-state index contributed by atoms with van der Waals surface area (Å²) in [6.07, 6.45) is 5.47. The van der Waals surface area contributed by atoms with Gasteiger partial charge < -0.3 is 122 Å². The monoisotopic (exact) mass is 1610 g/mol. The van der Waals surface area contributed by atoms with E-state index in [0.717, 1.165) is 0 Å². The lowest BCUT2D eigenvalue weighted by molar-refractivity contribution is -0.142. The van der Waals surface area contributed by atoms with Crippen molar-refractivity contribution >= 4 is 100 Å². The largest absolute Gasteiger partial charge is 0.508 e. The van der Waals surface area contributed by atoms with E-state index in [9.17, 15) is 86.9 Å². The molecular weight excluding hydrogens is 1500 g/mol. The molecule has 42 heteroatoms. The van der Waals surface area contributed by atoms with Gasteiger partial charge in [0.05, 0.1) is 43.6 Å². The van der Waals surface area contributed by atoms with E-state index in [-0.39, 0.29) is 88.3 Å². The van der Waals surface area contributed by atoms with Gasteiger partial charge in [-0.2, -0.15) is 0 Å². The fourth-order valence-electron chi connectivity index (χ4n) is 12.1. The zero-order chi connectivity index (χ0) is 85.0. The predicted molar refractivity (Wildman–Crippen MR) is 412 cm³/mol. The lowest BCUT2D eigenvalue weighted by Gasteiger charge is -2.31. The van der Waals surface area contributed by atoms with Gasteiger partial charge in [0.15, 0.2) is 5.96 Å². The van der Waals surface area contributed by atoms with Crippen LogP contribution in [0.25, 0.3) is 0 Å². The molecule has 115 heavy (non-hydrogen) atoms. The molecule has 0 radical (unpaired) electrons. The maximum atomic E-state index is 14.8. The van der Waals surface area contributed by atoms with Crippen molar-refractivity contribution in [3.63, 3.8) is 0 Å². The molecule has 0 saturated carbocycles. The number of carbonyl (C=O) groups excluding carboxylic acids is 16. The normalized spacial score (nSPS) is 15.5. The minimum absolute atomic E-state index is 0.0407. The Hall–Kier alpha value is -12.6. The number of phenolic OH excluding ortho intramolecular Hbond substituents is 1. The van der Waals surface area contributed by atoms with Gasteiger partial charge in [0.25, 0.3) is 0 Å². The van der Waals surface area contributed by atoms with Crippen LogP contribution in [-0.2, 0) is 102 Å². The first-order valence-corrected chi connectivity index (χ1v) is 37.5. The molecule has 0 bridgehead atoms. The number of aromatic nitrogens is 4. The van der Waals surface area contributed by atoms with Crippen LogP contribution in [0.4, 0.5) is 0 Å². The summed E-state index contributed by atoms with van der Waals surface area (Å²) in [7, 11) is 0. The molecule has 1 aliphatic heterocycles. The van der Waals surface area contributed by atoms with Gasteiger partial charge >= 0.3 is 0 Å². The van der Waals surface area contributed by atoms with E-state index in [0.29, 0.717) is 42.6 Å². The van der Waals surface area contributed by atoms with Crippen molar-refractivity contribution in [1.82, 2.24) is 99.3 Å². The zero-order valence-corrected chi connectivity index (χ0v) is 64.9. The van der Waals surface area contributed by atoms with Gasteiger partial charge in [-0.15, -0.1) is 0 Å². The van der Waals surface area contributed by atoms with Crippen LogP contribution >= 0.6 is 0 Å². The maximum absolute atomic E-state index is 14.8. The number of benzene rings is 2. The number of H-pyrrole nitrogens is 2. The SMILES string of the molecule is CCC(NC(=O)[C@H](CO)NC(=O)CNC(=O)[C@H](Cc1c[nH]cn1)NC(=O)[C@H](CCCNC(=N)N)NC(=O)[C@H](C)NC(=O)[C@H](CCCCN)NC(C)=O)C(=O)N[C@@H](CC(N)=O)C(=O)N[C@@H](Cc1ccc(O)cc1)C(=O)N[C@H](C(=O)N[C@@H](Cc1ccccc1)C(=O)N1CCC[C@H]1C(=O)N[C@@H](C)C(=O)N[C@@H](Cc1c[nH]cn1)C(N)=O)C(C)C. The Morgan fingerprint density at radius 1 is 0.539 bits per heavy atom. The molecule has 16 amide bonds. The zero-order valence-electron chi connectivity index (χ0n) is 64.9. The summed E-state index contributed by atoms with van der Waals surface area (Å²) in [4.78, 5) is 234.